The number of halogens is 1. The summed E-state index contributed by atoms with van der Waals surface area (Å²) in [7, 11) is 1.57. The number of hydrogen-bond acceptors (Lipinski definition) is 5. The van der Waals surface area contributed by atoms with Gasteiger partial charge < -0.3 is 14.7 Å². The smallest absolute Gasteiger partial charge is 0.246 e. The van der Waals surface area contributed by atoms with Crippen LogP contribution >= 0.6 is 22.9 Å². The van der Waals surface area contributed by atoms with Crippen LogP contribution in [0.2, 0.25) is 5.15 Å². The van der Waals surface area contributed by atoms with E-state index in [0.717, 1.165) is 4.96 Å². The van der Waals surface area contributed by atoms with E-state index in [0.29, 0.717) is 24.0 Å². The van der Waals surface area contributed by atoms with Crippen molar-refractivity contribution in [1.82, 2.24) is 14.3 Å². The Bertz CT molecular complexity index is 638. The van der Waals surface area contributed by atoms with Gasteiger partial charge in [-0.3, -0.25) is 9.20 Å². The first kappa shape index (κ1) is 16.0. The fourth-order valence-corrected chi connectivity index (χ4v) is 2.84. The number of fused-ring (bicyclic) bond motifs is 1. The maximum atomic E-state index is 12.1. The number of amides is 1. The molecule has 0 atom stereocenters. The monoisotopic (exact) mass is 329 g/mol. The summed E-state index contributed by atoms with van der Waals surface area (Å²) in [6.07, 6.45) is 4.91. The number of carbonyl (C=O) groups excluding carboxylic acids is 1. The van der Waals surface area contributed by atoms with Gasteiger partial charge in [0.2, 0.25) is 5.91 Å². The molecule has 2 rings (SSSR count). The second-order valence-electron chi connectivity index (χ2n) is 4.22. The molecule has 0 unspecified atom stereocenters. The van der Waals surface area contributed by atoms with Crippen molar-refractivity contribution in [3.8, 4) is 0 Å². The summed E-state index contributed by atoms with van der Waals surface area (Å²) in [5, 5.41) is 11.3. The Kier molecular flexibility index (Phi) is 5.75. The first-order valence-electron chi connectivity index (χ1n) is 6.35. The second kappa shape index (κ2) is 7.56. The molecule has 0 aliphatic carbocycles. The number of nitrogens with zero attached hydrogens (tertiary/aromatic N) is 3. The lowest BCUT2D eigenvalue weighted by molar-refractivity contribution is -0.127. The van der Waals surface area contributed by atoms with Crippen molar-refractivity contribution in [2.24, 2.45) is 0 Å². The maximum Gasteiger partial charge on any atom is 0.246 e. The zero-order chi connectivity index (χ0) is 15.2. The highest BCUT2D eigenvalue weighted by Gasteiger charge is 2.12. The number of imidazole rings is 1. The highest BCUT2D eigenvalue weighted by molar-refractivity contribution is 7.15. The van der Waals surface area contributed by atoms with Crippen molar-refractivity contribution in [2.75, 3.05) is 33.4 Å². The van der Waals surface area contributed by atoms with Crippen LogP contribution in [0.15, 0.2) is 17.7 Å². The van der Waals surface area contributed by atoms with Crippen molar-refractivity contribution in [3.63, 3.8) is 0 Å². The number of hydrogen-bond donors (Lipinski definition) is 1. The summed E-state index contributed by atoms with van der Waals surface area (Å²) in [6.45, 7) is 1.02. The van der Waals surface area contributed by atoms with E-state index in [1.54, 1.807) is 13.2 Å². The predicted molar refractivity (Wildman–Crippen MR) is 82.7 cm³/mol. The van der Waals surface area contributed by atoms with E-state index < -0.39 is 0 Å². The molecule has 6 nitrogen and oxygen atoms in total. The van der Waals surface area contributed by atoms with Crippen LogP contribution in [0.1, 0.15) is 5.69 Å². The van der Waals surface area contributed by atoms with Gasteiger partial charge in [0.25, 0.3) is 0 Å². The molecule has 0 saturated heterocycles. The summed E-state index contributed by atoms with van der Waals surface area (Å²) in [4.78, 5) is 18.6. The molecule has 2 heterocycles. The van der Waals surface area contributed by atoms with Crippen molar-refractivity contribution in [3.05, 3.63) is 28.5 Å². The van der Waals surface area contributed by atoms with Crippen molar-refractivity contribution in [2.45, 2.75) is 0 Å². The highest BCUT2D eigenvalue weighted by Crippen LogP contribution is 2.22. The summed E-state index contributed by atoms with van der Waals surface area (Å²) >= 11 is 7.53. The lowest BCUT2D eigenvalue weighted by Gasteiger charge is -2.19. The van der Waals surface area contributed by atoms with Crippen molar-refractivity contribution in [1.29, 1.82) is 0 Å². The summed E-state index contributed by atoms with van der Waals surface area (Å²) < 4.78 is 6.77. The molecule has 0 aromatic carbocycles. The van der Waals surface area contributed by atoms with Gasteiger partial charge >= 0.3 is 0 Å². The van der Waals surface area contributed by atoms with Crippen LogP contribution in [-0.4, -0.2) is 58.7 Å². The molecular formula is C13H16ClN3O3S. The average Bonchev–Trinajstić information content (AvgIpc) is 3.01. The molecule has 21 heavy (non-hydrogen) atoms. The minimum absolute atomic E-state index is 0.0918. The Morgan fingerprint density at radius 2 is 2.43 bits per heavy atom. The highest BCUT2D eigenvalue weighted by atomic mass is 35.5. The number of rotatable bonds is 7. The molecule has 0 aliphatic heterocycles. The number of ether oxygens (including phenoxy) is 1. The third-order valence-electron chi connectivity index (χ3n) is 2.88. The third-order valence-corrected chi connectivity index (χ3v) is 3.92. The van der Waals surface area contributed by atoms with E-state index in [-0.39, 0.29) is 19.1 Å². The fraction of sp³-hybridized carbons (Fsp3) is 0.385. The van der Waals surface area contributed by atoms with E-state index in [1.807, 2.05) is 16.0 Å². The van der Waals surface area contributed by atoms with E-state index in [1.165, 1.54) is 22.3 Å². The lowest BCUT2D eigenvalue weighted by Crippen LogP contribution is -2.34. The fourth-order valence-electron chi connectivity index (χ4n) is 1.84. The van der Waals surface area contributed by atoms with Gasteiger partial charge in [0.05, 0.1) is 18.9 Å². The number of carbonyl (C=O) groups is 1. The topological polar surface area (TPSA) is 67.1 Å². The van der Waals surface area contributed by atoms with E-state index in [4.69, 9.17) is 21.4 Å². The van der Waals surface area contributed by atoms with Crippen LogP contribution in [0.3, 0.4) is 0 Å². The van der Waals surface area contributed by atoms with Gasteiger partial charge in [-0.25, -0.2) is 4.98 Å². The molecule has 1 N–H and O–H groups in total. The summed E-state index contributed by atoms with van der Waals surface area (Å²) in [5.41, 5.74) is 0.664. The summed E-state index contributed by atoms with van der Waals surface area (Å²) in [5.74, 6) is -0.206. The first-order chi connectivity index (χ1) is 10.2. The molecule has 8 heteroatoms. The molecule has 0 aliphatic rings. The Labute approximate surface area is 131 Å². The quantitative estimate of drug-likeness (QED) is 0.782. The van der Waals surface area contributed by atoms with Gasteiger partial charge in [0.1, 0.15) is 0 Å². The molecule has 0 radical (unpaired) electrons. The molecule has 2 aromatic heterocycles. The number of aliphatic hydroxyl groups excluding tert-OH is 1. The van der Waals surface area contributed by atoms with Crippen LogP contribution < -0.4 is 0 Å². The van der Waals surface area contributed by atoms with Gasteiger partial charge in [-0.05, 0) is 6.08 Å². The van der Waals surface area contributed by atoms with Crippen LogP contribution in [-0.2, 0) is 9.53 Å². The van der Waals surface area contributed by atoms with E-state index >= 15 is 0 Å². The molecule has 1 amide bonds. The second-order valence-corrected chi connectivity index (χ2v) is 5.45. The molecule has 0 fully saturated rings. The number of methoxy groups -OCH3 is 1. The van der Waals surface area contributed by atoms with Crippen molar-refractivity contribution >= 4 is 39.9 Å². The molecular weight excluding hydrogens is 314 g/mol. The van der Waals surface area contributed by atoms with Gasteiger partial charge in [-0.1, -0.05) is 11.6 Å². The molecule has 0 bridgehead atoms. The number of thiazole rings is 1. The standard InChI is InChI=1S/C13H16ClN3O3S/c1-20-8-5-16(4-7-18)11(19)3-2-10-12(14)15-13-17(10)6-9-21-13/h2-3,6,9,18H,4-5,7-8H2,1H3/b3-2+. The summed E-state index contributed by atoms with van der Waals surface area (Å²) in [6, 6.07) is 0. The van der Waals surface area contributed by atoms with Crippen LogP contribution in [0.4, 0.5) is 0 Å². The zero-order valence-corrected chi connectivity index (χ0v) is 13.1. The zero-order valence-electron chi connectivity index (χ0n) is 11.5. The Morgan fingerprint density at radius 3 is 3.14 bits per heavy atom. The van der Waals surface area contributed by atoms with Gasteiger partial charge in [-0.15, -0.1) is 11.3 Å². The largest absolute Gasteiger partial charge is 0.395 e. The van der Waals surface area contributed by atoms with Gasteiger partial charge in [-0.2, -0.15) is 0 Å². The SMILES string of the molecule is COCCN(CCO)C(=O)/C=C/c1c(Cl)nc2sccn12. The lowest BCUT2D eigenvalue weighted by atomic mass is 10.3. The normalized spacial score (nSPS) is 11.6. The molecule has 114 valence electrons. The number of aromatic nitrogens is 2. The van der Waals surface area contributed by atoms with Gasteiger partial charge in [0, 0.05) is 37.9 Å². The first-order valence-corrected chi connectivity index (χ1v) is 7.61. The Balaban J connectivity index is 2.12. The third kappa shape index (κ3) is 3.82. The Morgan fingerprint density at radius 1 is 1.62 bits per heavy atom. The maximum absolute atomic E-state index is 12.1. The minimum atomic E-state index is -0.206. The Hall–Kier alpha value is -1.41. The van der Waals surface area contributed by atoms with Crippen LogP contribution in [0, 0.1) is 0 Å². The number of aliphatic hydroxyl groups is 1. The van der Waals surface area contributed by atoms with Gasteiger partial charge in [0.15, 0.2) is 10.1 Å². The van der Waals surface area contributed by atoms with E-state index in [2.05, 4.69) is 4.98 Å². The molecule has 0 saturated carbocycles. The van der Waals surface area contributed by atoms with Crippen LogP contribution in [0.5, 0.6) is 0 Å². The minimum Gasteiger partial charge on any atom is -0.395 e. The molecule has 2 aromatic rings. The predicted octanol–water partition coefficient (Wildman–Crippen LogP) is 1.53. The molecule has 0 spiro atoms. The van der Waals surface area contributed by atoms with Crippen molar-refractivity contribution < 1.29 is 14.6 Å². The van der Waals surface area contributed by atoms with Crippen LogP contribution in [0.25, 0.3) is 11.0 Å². The van der Waals surface area contributed by atoms with E-state index in [9.17, 15) is 4.79 Å². The average molecular weight is 330 g/mol.